The van der Waals surface area contributed by atoms with Crippen LogP contribution in [0.1, 0.15) is 12.5 Å². The molecule has 0 bridgehead atoms. The smallest absolute Gasteiger partial charge is 0.250 e. The summed E-state index contributed by atoms with van der Waals surface area (Å²) >= 11 is 0. The van der Waals surface area contributed by atoms with Crippen LogP contribution in [0.5, 0.6) is 5.75 Å². The van der Waals surface area contributed by atoms with Crippen LogP contribution in [0.4, 0.5) is 0 Å². The van der Waals surface area contributed by atoms with Crippen molar-refractivity contribution in [2.24, 2.45) is 7.05 Å². The number of aryl methyl sites for hydroxylation is 2. The van der Waals surface area contributed by atoms with Crippen molar-refractivity contribution in [2.75, 3.05) is 0 Å². The van der Waals surface area contributed by atoms with E-state index in [0.29, 0.717) is 12.0 Å². The van der Waals surface area contributed by atoms with Crippen molar-refractivity contribution in [2.45, 2.75) is 13.3 Å². The van der Waals surface area contributed by atoms with E-state index in [9.17, 15) is 9.90 Å². The van der Waals surface area contributed by atoms with Crippen LogP contribution in [-0.2, 0) is 13.5 Å². The number of hydrogen-bond donors (Lipinski definition) is 1. The highest BCUT2D eigenvalue weighted by atomic mass is 16.3. The van der Waals surface area contributed by atoms with Crippen molar-refractivity contribution in [3.8, 4) is 5.75 Å². The highest BCUT2D eigenvalue weighted by molar-refractivity contribution is 5.28. The zero-order chi connectivity index (χ0) is 8.43. The van der Waals surface area contributed by atoms with Crippen LogP contribution in [0, 0.1) is 0 Å². The van der Waals surface area contributed by atoms with Crippen LogP contribution < -0.4 is 5.56 Å². The van der Waals surface area contributed by atoms with Gasteiger partial charge in [0.05, 0.1) is 0 Å². The lowest BCUT2D eigenvalue weighted by Gasteiger charge is -2.02. The molecule has 0 unspecified atom stereocenters. The van der Waals surface area contributed by atoms with E-state index < -0.39 is 0 Å². The van der Waals surface area contributed by atoms with Crippen molar-refractivity contribution in [3.05, 3.63) is 28.2 Å². The van der Waals surface area contributed by atoms with Crippen molar-refractivity contribution < 1.29 is 5.11 Å². The van der Waals surface area contributed by atoms with Crippen LogP contribution in [-0.4, -0.2) is 9.67 Å². The Bertz CT molecular complexity index is 314. The first-order chi connectivity index (χ1) is 5.15. The minimum absolute atomic E-state index is 0.0837. The van der Waals surface area contributed by atoms with Crippen LogP contribution in [0.2, 0.25) is 0 Å². The van der Waals surface area contributed by atoms with E-state index in [1.807, 2.05) is 6.92 Å². The van der Waals surface area contributed by atoms with Crippen molar-refractivity contribution in [1.82, 2.24) is 4.57 Å². The Labute approximate surface area is 64.9 Å². The number of aromatic nitrogens is 1. The molecular formula is C8H11NO2. The third-order valence-corrected chi connectivity index (χ3v) is 1.67. The topological polar surface area (TPSA) is 42.2 Å². The van der Waals surface area contributed by atoms with E-state index in [1.165, 1.54) is 16.8 Å². The average molecular weight is 153 g/mol. The first-order valence-electron chi connectivity index (χ1n) is 3.53. The molecule has 0 aromatic carbocycles. The molecule has 0 fully saturated rings. The molecule has 3 nitrogen and oxygen atoms in total. The van der Waals surface area contributed by atoms with Gasteiger partial charge in [0.2, 0.25) is 0 Å². The Morgan fingerprint density at radius 2 is 2.27 bits per heavy atom. The lowest BCUT2D eigenvalue weighted by molar-refractivity contribution is 0.461. The van der Waals surface area contributed by atoms with Crippen LogP contribution in [0.25, 0.3) is 0 Å². The summed E-state index contributed by atoms with van der Waals surface area (Å²) in [5, 5.41) is 9.26. The molecule has 0 aliphatic rings. The van der Waals surface area contributed by atoms with E-state index in [2.05, 4.69) is 0 Å². The lowest BCUT2D eigenvalue weighted by atomic mass is 10.2. The molecule has 60 valence electrons. The van der Waals surface area contributed by atoms with Crippen LogP contribution in [0.3, 0.4) is 0 Å². The largest absolute Gasteiger partial charge is 0.506 e. The molecule has 1 heterocycles. The van der Waals surface area contributed by atoms with Crippen molar-refractivity contribution in [1.29, 1.82) is 0 Å². The lowest BCUT2D eigenvalue weighted by Crippen LogP contribution is -2.15. The quantitative estimate of drug-likeness (QED) is 0.643. The van der Waals surface area contributed by atoms with Gasteiger partial charge < -0.3 is 9.67 Å². The molecule has 0 spiro atoms. The van der Waals surface area contributed by atoms with Gasteiger partial charge in [0.1, 0.15) is 5.75 Å². The zero-order valence-electron chi connectivity index (χ0n) is 6.66. The van der Waals surface area contributed by atoms with Gasteiger partial charge in [0.25, 0.3) is 5.56 Å². The maximum atomic E-state index is 11.0. The van der Waals surface area contributed by atoms with E-state index in [1.54, 1.807) is 7.05 Å². The predicted molar refractivity (Wildman–Crippen MR) is 42.7 cm³/mol. The van der Waals surface area contributed by atoms with Gasteiger partial charge in [-0.25, -0.2) is 0 Å². The molecule has 1 rings (SSSR count). The fourth-order valence-electron chi connectivity index (χ4n) is 0.938. The standard InChI is InChI=1S/C8H11NO2/c1-3-6-4-8(11)9(2)5-7(6)10/h4-5,10H,3H2,1-2H3. The second-order valence-corrected chi connectivity index (χ2v) is 2.49. The molecular weight excluding hydrogens is 142 g/mol. The van der Waals surface area contributed by atoms with Gasteiger partial charge in [-0.05, 0) is 6.42 Å². The van der Waals surface area contributed by atoms with Gasteiger partial charge in [-0.15, -0.1) is 0 Å². The van der Waals surface area contributed by atoms with Gasteiger partial charge in [0, 0.05) is 24.9 Å². The molecule has 11 heavy (non-hydrogen) atoms. The van der Waals surface area contributed by atoms with Gasteiger partial charge in [0.15, 0.2) is 0 Å². The summed E-state index contributed by atoms with van der Waals surface area (Å²) in [5.74, 6) is 0.189. The Hall–Kier alpha value is -1.25. The monoisotopic (exact) mass is 153 g/mol. The summed E-state index contributed by atoms with van der Waals surface area (Å²) in [6.07, 6.45) is 2.11. The van der Waals surface area contributed by atoms with Gasteiger partial charge in [-0.1, -0.05) is 6.92 Å². The molecule has 0 aliphatic heterocycles. The minimum atomic E-state index is -0.0837. The summed E-state index contributed by atoms with van der Waals surface area (Å²) in [5.41, 5.74) is 0.618. The normalized spacial score (nSPS) is 10.0. The summed E-state index contributed by atoms with van der Waals surface area (Å²) < 4.78 is 1.36. The van der Waals surface area contributed by atoms with E-state index >= 15 is 0 Å². The highest BCUT2D eigenvalue weighted by Gasteiger charge is 2.00. The maximum Gasteiger partial charge on any atom is 0.250 e. The van der Waals surface area contributed by atoms with E-state index in [4.69, 9.17) is 0 Å². The van der Waals surface area contributed by atoms with Crippen LogP contribution in [0.15, 0.2) is 17.1 Å². The number of nitrogens with zero attached hydrogens (tertiary/aromatic N) is 1. The number of rotatable bonds is 1. The summed E-state index contributed by atoms with van der Waals surface area (Å²) in [7, 11) is 1.61. The average Bonchev–Trinajstić information content (AvgIpc) is 1.97. The zero-order valence-corrected chi connectivity index (χ0v) is 6.66. The second-order valence-electron chi connectivity index (χ2n) is 2.49. The highest BCUT2D eigenvalue weighted by Crippen LogP contribution is 2.12. The predicted octanol–water partition coefficient (Wildman–Crippen LogP) is 0.653. The van der Waals surface area contributed by atoms with Crippen molar-refractivity contribution >= 4 is 0 Å². The first-order valence-corrected chi connectivity index (χ1v) is 3.53. The molecule has 1 N–H and O–H groups in total. The van der Waals surface area contributed by atoms with Crippen molar-refractivity contribution in [3.63, 3.8) is 0 Å². The third-order valence-electron chi connectivity index (χ3n) is 1.67. The fraction of sp³-hybridized carbons (Fsp3) is 0.375. The molecule has 0 aliphatic carbocycles. The molecule has 0 saturated carbocycles. The van der Waals surface area contributed by atoms with Crippen LogP contribution >= 0.6 is 0 Å². The second kappa shape index (κ2) is 2.78. The van der Waals surface area contributed by atoms with Gasteiger partial charge in [-0.3, -0.25) is 4.79 Å². The Balaban J connectivity index is 3.32. The number of aromatic hydroxyl groups is 1. The maximum absolute atomic E-state index is 11.0. The molecule has 3 heteroatoms. The molecule has 0 amide bonds. The third kappa shape index (κ3) is 1.42. The molecule has 0 atom stereocenters. The molecule has 1 aromatic heterocycles. The minimum Gasteiger partial charge on any atom is -0.506 e. The Kier molecular flexibility index (Phi) is 1.98. The summed E-state index contributed by atoms with van der Waals surface area (Å²) in [6, 6.07) is 1.45. The SMILES string of the molecule is CCc1cc(=O)n(C)cc1O. The fourth-order valence-corrected chi connectivity index (χ4v) is 0.938. The molecule has 0 radical (unpaired) electrons. The molecule has 1 aromatic rings. The van der Waals surface area contributed by atoms with Gasteiger partial charge in [-0.2, -0.15) is 0 Å². The first kappa shape index (κ1) is 7.85. The van der Waals surface area contributed by atoms with Gasteiger partial charge >= 0.3 is 0 Å². The molecule has 0 saturated heterocycles. The summed E-state index contributed by atoms with van der Waals surface area (Å²) in [6.45, 7) is 1.90. The Morgan fingerprint density at radius 3 is 2.82 bits per heavy atom. The summed E-state index contributed by atoms with van der Waals surface area (Å²) in [4.78, 5) is 11.0. The van der Waals surface area contributed by atoms with E-state index in [-0.39, 0.29) is 11.3 Å². The number of hydrogen-bond acceptors (Lipinski definition) is 2. The number of pyridine rings is 1. The Morgan fingerprint density at radius 1 is 1.64 bits per heavy atom. The van der Waals surface area contributed by atoms with E-state index in [0.717, 1.165) is 0 Å².